The Morgan fingerprint density at radius 3 is 2.91 bits per heavy atom. The summed E-state index contributed by atoms with van der Waals surface area (Å²) in [7, 11) is 0. The zero-order valence-electron chi connectivity index (χ0n) is 11.5. The summed E-state index contributed by atoms with van der Waals surface area (Å²) in [6.07, 6.45) is 0.741. The summed E-state index contributed by atoms with van der Waals surface area (Å²) in [5.74, 6) is -0.316. The van der Waals surface area contributed by atoms with E-state index in [1.807, 2.05) is 17.5 Å². The maximum Gasteiger partial charge on any atom is 0.312 e. The minimum atomic E-state index is -0.601. The first-order chi connectivity index (χ1) is 10.6. The molecule has 0 aliphatic rings. The summed E-state index contributed by atoms with van der Waals surface area (Å²) in [6.45, 7) is 0.207. The molecule has 0 radical (unpaired) electrons. The number of rotatable bonds is 7. The molecule has 1 N–H and O–H groups in total. The van der Waals surface area contributed by atoms with Gasteiger partial charge in [0.15, 0.2) is 12.4 Å². The zero-order chi connectivity index (χ0) is 15.9. The van der Waals surface area contributed by atoms with Crippen molar-refractivity contribution in [3.63, 3.8) is 0 Å². The van der Waals surface area contributed by atoms with E-state index in [1.165, 1.54) is 23.1 Å². The molecule has 116 valence electrons. The third kappa shape index (κ3) is 4.71. The van der Waals surface area contributed by atoms with Crippen molar-refractivity contribution in [1.82, 2.24) is 5.32 Å². The fourth-order valence-corrected chi connectivity index (χ4v) is 2.60. The van der Waals surface area contributed by atoms with E-state index in [2.05, 4.69) is 5.32 Å². The predicted molar refractivity (Wildman–Crippen MR) is 84.6 cm³/mol. The molecule has 0 bridgehead atoms. The molecule has 1 aromatic carbocycles. The van der Waals surface area contributed by atoms with Crippen LogP contribution in [0.2, 0.25) is 5.02 Å². The summed E-state index contributed by atoms with van der Waals surface area (Å²) in [5, 5.41) is 15.8. The number of nitrogens with zero attached hydrogens (tertiary/aromatic N) is 1. The number of ether oxygens (including phenoxy) is 1. The molecule has 2 aromatic rings. The normalized spacial score (nSPS) is 10.2. The lowest BCUT2D eigenvalue weighted by Crippen LogP contribution is -2.30. The quantitative estimate of drug-likeness (QED) is 0.620. The Bertz CT molecular complexity index is 661. The van der Waals surface area contributed by atoms with Crippen LogP contribution in [-0.4, -0.2) is 24.0 Å². The maximum atomic E-state index is 11.7. The zero-order valence-corrected chi connectivity index (χ0v) is 13.0. The molecular weight excluding hydrogens is 328 g/mol. The van der Waals surface area contributed by atoms with Crippen molar-refractivity contribution < 1.29 is 14.5 Å². The first-order valence-corrected chi connectivity index (χ1v) is 7.68. The van der Waals surface area contributed by atoms with E-state index in [4.69, 9.17) is 16.3 Å². The highest BCUT2D eigenvalue weighted by Gasteiger charge is 2.16. The highest BCUT2D eigenvalue weighted by molar-refractivity contribution is 7.09. The molecule has 1 aromatic heterocycles. The summed E-state index contributed by atoms with van der Waals surface area (Å²) in [4.78, 5) is 23.1. The Labute approximate surface area is 135 Å². The molecule has 0 fully saturated rings. The second-order valence-corrected chi connectivity index (χ2v) is 5.81. The lowest BCUT2D eigenvalue weighted by Gasteiger charge is -2.07. The Kier molecular flexibility index (Phi) is 5.74. The standard InChI is InChI=1S/C14H13ClN2O4S/c15-10-3-4-13(12(8-10)17(19)20)21-9-14(18)16-6-5-11-2-1-7-22-11/h1-4,7-8H,5-6,9H2,(H,16,18). The molecule has 8 heteroatoms. The highest BCUT2D eigenvalue weighted by Crippen LogP contribution is 2.29. The van der Waals surface area contributed by atoms with E-state index in [0.29, 0.717) is 6.54 Å². The van der Waals surface area contributed by atoms with Crippen molar-refractivity contribution in [3.05, 3.63) is 55.7 Å². The SMILES string of the molecule is O=C(COc1ccc(Cl)cc1[N+](=O)[O-])NCCc1cccs1. The van der Waals surface area contributed by atoms with Gasteiger partial charge < -0.3 is 10.1 Å². The van der Waals surface area contributed by atoms with Gasteiger partial charge in [-0.3, -0.25) is 14.9 Å². The van der Waals surface area contributed by atoms with Crippen LogP contribution in [0.4, 0.5) is 5.69 Å². The van der Waals surface area contributed by atoms with Crippen molar-refractivity contribution in [3.8, 4) is 5.75 Å². The van der Waals surface area contributed by atoms with Crippen molar-refractivity contribution in [1.29, 1.82) is 0 Å². The second-order valence-electron chi connectivity index (χ2n) is 4.34. The number of benzene rings is 1. The number of hydrogen-bond donors (Lipinski definition) is 1. The Hall–Kier alpha value is -2.12. The van der Waals surface area contributed by atoms with Crippen molar-refractivity contribution in [2.45, 2.75) is 6.42 Å². The second kappa shape index (κ2) is 7.77. The van der Waals surface area contributed by atoms with E-state index >= 15 is 0 Å². The molecule has 0 spiro atoms. The van der Waals surface area contributed by atoms with Gasteiger partial charge in [-0.2, -0.15) is 0 Å². The van der Waals surface area contributed by atoms with Crippen LogP contribution >= 0.6 is 22.9 Å². The monoisotopic (exact) mass is 340 g/mol. The van der Waals surface area contributed by atoms with E-state index in [9.17, 15) is 14.9 Å². The Morgan fingerprint density at radius 2 is 2.23 bits per heavy atom. The van der Waals surface area contributed by atoms with Gasteiger partial charge in [-0.15, -0.1) is 11.3 Å². The average molecular weight is 341 g/mol. The topological polar surface area (TPSA) is 81.5 Å². The third-order valence-corrected chi connectivity index (χ3v) is 3.92. The van der Waals surface area contributed by atoms with Gasteiger partial charge in [-0.1, -0.05) is 17.7 Å². The molecule has 0 aliphatic heterocycles. The number of carbonyl (C=O) groups excluding carboxylic acids is 1. The Balaban J connectivity index is 1.82. The number of hydrogen-bond acceptors (Lipinski definition) is 5. The number of halogens is 1. The summed E-state index contributed by atoms with van der Waals surface area (Å²) in [5.41, 5.74) is -0.265. The van der Waals surface area contributed by atoms with Gasteiger partial charge in [0.2, 0.25) is 0 Å². The number of nitrogens with one attached hydrogen (secondary N) is 1. The lowest BCUT2D eigenvalue weighted by molar-refractivity contribution is -0.385. The van der Waals surface area contributed by atoms with E-state index in [0.717, 1.165) is 6.42 Å². The smallest absolute Gasteiger partial charge is 0.312 e. The molecule has 0 saturated carbocycles. The van der Waals surface area contributed by atoms with Gasteiger partial charge in [0.25, 0.3) is 5.91 Å². The molecule has 2 rings (SSSR count). The van der Waals surface area contributed by atoms with Crippen LogP contribution in [-0.2, 0) is 11.2 Å². The van der Waals surface area contributed by atoms with Gasteiger partial charge in [-0.05, 0) is 30.0 Å². The largest absolute Gasteiger partial charge is 0.477 e. The molecule has 22 heavy (non-hydrogen) atoms. The van der Waals surface area contributed by atoms with E-state index in [-0.39, 0.29) is 29.0 Å². The van der Waals surface area contributed by atoms with Gasteiger partial charge in [0, 0.05) is 22.5 Å². The highest BCUT2D eigenvalue weighted by atomic mass is 35.5. The van der Waals surface area contributed by atoms with Crippen LogP contribution in [0.1, 0.15) is 4.88 Å². The first kappa shape index (κ1) is 16.3. The minimum absolute atomic E-state index is 0.0165. The molecule has 6 nitrogen and oxygen atoms in total. The molecular formula is C14H13ClN2O4S. The number of nitro benzene ring substituents is 1. The fraction of sp³-hybridized carbons (Fsp3) is 0.214. The van der Waals surface area contributed by atoms with E-state index in [1.54, 1.807) is 11.3 Å². The summed E-state index contributed by atoms with van der Waals surface area (Å²) < 4.78 is 5.19. The lowest BCUT2D eigenvalue weighted by atomic mass is 10.3. The van der Waals surface area contributed by atoms with Crippen LogP contribution in [0, 0.1) is 10.1 Å². The van der Waals surface area contributed by atoms with Gasteiger partial charge in [0.05, 0.1) is 4.92 Å². The minimum Gasteiger partial charge on any atom is -0.477 e. The average Bonchev–Trinajstić information content (AvgIpc) is 2.99. The van der Waals surface area contributed by atoms with Crippen molar-refractivity contribution in [2.24, 2.45) is 0 Å². The van der Waals surface area contributed by atoms with Gasteiger partial charge in [-0.25, -0.2) is 0 Å². The predicted octanol–water partition coefficient (Wildman–Crippen LogP) is 3.05. The van der Waals surface area contributed by atoms with Crippen LogP contribution in [0.5, 0.6) is 5.75 Å². The number of carbonyl (C=O) groups is 1. The van der Waals surface area contributed by atoms with Crippen LogP contribution in [0.15, 0.2) is 35.7 Å². The number of nitro groups is 1. The molecule has 1 amide bonds. The van der Waals surface area contributed by atoms with Crippen LogP contribution < -0.4 is 10.1 Å². The van der Waals surface area contributed by atoms with Gasteiger partial charge in [0.1, 0.15) is 0 Å². The van der Waals surface area contributed by atoms with Crippen LogP contribution in [0.3, 0.4) is 0 Å². The summed E-state index contributed by atoms with van der Waals surface area (Å²) >= 11 is 7.32. The van der Waals surface area contributed by atoms with E-state index < -0.39 is 4.92 Å². The molecule has 1 heterocycles. The fourth-order valence-electron chi connectivity index (χ4n) is 1.73. The molecule has 0 saturated heterocycles. The molecule has 0 aliphatic carbocycles. The number of thiophene rings is 1. The van der Waals surface area contributed by atoms with Crippen molar-refractivity contribution >= 4 is 34.5 Å². The summed E-state index contributed by atoms with van der Waals surface area (Å²) in [6, 6.07) is 7.97. The van der Waals surface area contributed by atoms with Crippen molar-refractivity contribution in [2.75, 3.05) is 13.2 Å². The first-order valence-electron chi connectivity index (χ1n) is 6.42. The molecule has 0 unspecified atom stereocenters. The van der Waals surface area contributed by atoms with Crippen LogP contribution in [0.25, 0.3) is 0 Å². The van der Waals surface area contributed by atoms with Gasteiger partial charge >= 0.3 is 5.69 Å². The number of amides is 1. The third-order valence-electron chi connectivity index (χ3n) is 2.75. The molecule has 0 atom stereocenters. The Morgan fingerprint density at radius 1 is 1.41 bits per heavy atom. The maximum absolute atomic E-state index is 11.7.